The van der Waals surface area contributed by atoms with Crippen LogP contribution in [0.25, 0.3) is 0 Å². The van der Waals surface area contributed by atoms with E-state index in [9.17, 15) is 4.79 Å². The third-order valence-corrected chi connectivity index (χ3v) is 3.43. The van der Waals surface area contributed by atoms with Gasteiger partial charge in [-0.15, -0.1) is 11.6 Å². The van der Waals surface area contributed by atoms with Crippen molar-refractivity contribution in [3.05, 3.63) is 18.0 Å². The molecule has 16 heavy (non-hydrogen) atoms. The molecular formula is C11H16ClN3O. The van der Waals surface area contributed by atoms with Gasteiger partial charge in [0.25, 0.3) is 5.91 Å². The smallest absolute Gasteiger partial charge is 0.254 e. The van der Waals surface area contributed by atoms with Crippen LogP contribution < -0.4 is 5.32 Å². The molecule has 0 spiro atoms. The molecule has 88 valence electrons. The fourth-order valence-corrected chi connectivity index (χ4v) is 2.53. The number of hydrogen-bond acceptors (Lipinski definition) is 2. The average molecular weight is 242 g/mol. The summed E-state index contributed by atoms with van der Waals surface area (Å²) in [5.74, 6) is 0.456. The Morgan fingerprint density at radius 3 is 3.19 bits per heavy atom. The minimum absolute atomic E-state index is 0.0644. The Morgan fingerprint density at radius 1 is 1.62 bits per heavy atom. The number of rotatable bonds is 3. The van der Waals surface area contributed by atoms with Gasteiger partial charge in [-0.1, -0.05) is 6.42 Å². The van der Waals surface area contributed by atoms with Crippen LogP contribution in [0.4, 0.5) is 0 Å². The summed E-state index contributed by atoms with van der Waals surface area (Å²) < 4.78 is 0. The maximum Gasteiger partial charge on any atom is 0.254 e. The zero-order valence-electron chi connectivity index (χ0n) is 9.08. The van der Waals surface area contributed by atoms with E-state index in [0.29, 0.717) is 18.0 Å². The summed E-state index contributed by atoms with van der Waals surface area (Å²) >= 11 is 6.10. The van der Waals surface area contributed by atoms with E-state index in [2.05, 4.69) is 15.5 Å². The first-order valence-corrected chi connectivity index (χ1v) is 6.10. The fourth-order valence-electron chi connectivity index (χ4n) is 2.12. The van der Waals surface area contributed by atoms with Crippen molar-refractivity contribution in [3.63, 3.8) is 0 Å². The van der Waals surface area contributed by atoms with E-state index in [1.54, 1.807) is 6.20 Å². The van der Waals surface area contributed by atoms with Crippen LogP contribution in [0.1, 0.15) is 36.0 Å². The summed E-state index contributed by atoms with van der Waals surface area (Å²) in [4.78, 5) is 11.6. The van der Waals surface area contributed by atoms with E-state index in [1.807, 2.05) is 0 Å². The number of nitrogens with one attached hydrogen (secondary N) is 2. The molecule has 1 aliphatic carbocycles. The molecule has 1 aromatic rings. The lowest BCUT2D eigenvalue weighted by molar-refractivity contribution is 0.0944. The predicted molar refractivity (Wildman–Crippen MR) is 62.5 cm³/mol. The topological polar surface area (TPSA) is 57.8 Å². The summed E-state index contributed by atoms with van der Waals surface area (Å²) in [5, 5.41) is 9.57. The van der Waals surface area contributed by atoms with Gasteiger partial charge in [0.1, 0.15) is 0 Å². The summed E-state index contributed by atoms with van der Waals surface area (Å²) in [6.45, 7) is 0.716. The van der Waals surface area contributed by atoms with E-state index in [-0.39, 0.29) is 11.3 Å². The summed E-state index contributed by atoms with van der Waals surface area (Å²) in [5.41, 5.74) is 0.582. The minimum Gasteiger partial charge on any atom is -0.352 e. The van der Waals surface area contributed by atoms with Gasteiger partial charge in [-0.2, -0.15) is 5.10 Å². The standard InChI is InChI=1S/C11H16ClN3O/c12-10-3-1-2-8(4-10)5-13-11(16)9-6-14-15-7-9/h6-8,10H,1-5H2,(H,13,16)(H,14,15). The molecule has 2 unspecified atom stereocenters. The average Bonchev–Trinajstić information content (AvgIpc) is 2.79. The molecule has 1 aromatic heterocycles. The molecule has 2 rings (SSSR count). The van der Waals surface area contributed by atoms with Crippen LogP contribution in [0.15, 0.2) is 12.4 Å². The molecule has 2 atom stereocenters. The van der Waals surface area contributed by atoms with Crippen LogP contribution >= 0.6 is 11.6 Å². The molecule has 1 amide bonds. The molecule has 0 saturated heterocycles. The first-order valence-electron chi connectivity index (χ1n) is 5.66. The Labute approximate surface area is 99.8 Å². The van der Waals surface area contributed by atoms with Crippen LogP contribution in [0.5, 0.6) is 0 Å². The zero-order valence-corrected chi connectivity index (χ0v) is 9.83. The van der Waals surface area contributed by atoms with Gasteiger partial charge in [-0.3, -0.25) is 9.89 Å². The molecule has 1 heterocycles. The molecule has 2 N–H and O–H groups in total. The number of amides is 1. The Balaban J connectivity index is 1.77. The molecular weight excluding hydrogens is 226 g/mol. The quantitative estimate of drug-likeness (QED) is 0.795. The van der Waals surface area contributed by atoms with Crippen LogP contribution in [-0.2, 0) is 0 Å². The van der Waals surface area contributed by atoms with Crippen molar-refractivity contribution in [2.24, 2.45) is 5.92 Å². The third kappa shape index (κ3) is 2.98. The number of carbonyl (C=O) groups is 1. The first kappa shape index (κ1) is 11.5. The van der Waals surface area contributed by atoms with Gasteiger partial charge in [0.2, 0.25) is 0 Å². The van der Waals surface area contributed by atoms with Gasteiger partial charge in [-0.05, 0) is 25.2 Å². The highest BCUT2D eigenvalue weighted by Crippen LogP contribution is 2.27. The van der Waals surface area contributed by atoms with E-state index in [4.69, 9.17) is 11.6 Å². The van der Waals surface area contributed by atoms with Gasteiger partial charge < -0.3 is 5.32 Å². The first-order chi connectivity index (χ1) is 7.75. The zero-order chi connectivity index (χ0) is 11.4. The van der Waals surface area contributed by atoms with Crippen LogP contribution in [0.2, 0.25) is 0 Å². The fraction of sp³-hybridized carbons (Fsp3) is 0.636. The molecule has 1 fully saturated rings. The van der Waals surface area contributed by atoms with Gasteiger partial charge in [0.05, 0.1) is 11.8 Å². The number of alkyl halides is 1. The summed E-state index contributed by atoms with van der Waals surface area (Å²) in [6, 6.07) is 0. The van der Waals surface area contributed by atoms with Crippen molar-refractivity contribution >= 4 is 17.5 Å². The normalized spacial score (nSPS) is 25.3. The van der Waals surface area contributed by atoms with Crippen LogP contribution in [0.3, 0.4) is 0 Å². The third-order valence-electron chi connectivity index (χ3n) is 3.03. The molecule has 0 bridgehead atoms. The number of hydrogen-bond donors (Lipinski definition) is 2. The number of H-pyrrole nitrogens is 1. The number of carbonyl (C=O) groups excluding carboxylic acids is 1. The Kier molecular flexibility index (Phi) is 3.83. The maximum absolute atomic E-state index is 11.6. The van der Waals surface area contributed by atoms with Crippen molar-refractivity contribution < 1.29 is 4.79 Å². The maximum atomic E-state index is 11.6. The highest BCUT2D eigenvalue weighted by atomic mass is 35.5. The molecule has 1 saturated carbocycles. The van der Waals surface area contributed by atoms with E-state index in [0.717, 1.165) is 19.3 Å². The molecule has 0 aliphatic heterocycles. The number of aromatic amines is 1. The summed E-state index contributed by atoms with van der Waals surface area (Å²) in [7, 11) is 0. The lowest BCUT2D eigenvalue weighted by Gasteiger charge is -2.25. The Hall–Kier alpha value is -1.03. The highest BCUT2D eigenvalue weighted by Gasteiger charge is 2.20. The van der Waals surface area contributed by atoms with Gasteiger partial charge in [-0.25, -0.2) is 0 Å². The molecule has 0 radical (unpaired) electrons. The van der Waals surface area contributed by atoms with E-state index >= 15 is 0 Å². The number of halogens is 1. The largest absolute Gasteiger partial charge is 0.352 e. The second-order valence-electron chi connectivity index (χ2n) is 4.33. The van der Waals surface area contributed by atoms with Crippen LogP contribution in [0, 0.1) is 5.92 Å². The predicted octanol–water partition coefficient (Wildman–Crippen LogP) is 1.94. The number of nitrogens with zero attached hydrogens (tertiary/aromatic N) is 1. The van der Waals surface area contributed by atoms with Gasteiger partial charge in [0, 0.05) is 18.1 Å². The summed E-state index contributed by atoms with van der Waals surface area (Å²) in [6.07, 6.45) is 7.57. The second kappa shape index (κ2) is 5.34. The SMILES string of the molecule is O=C(NCC1CCCC(Cl)C1)c1cn[nH]c1. The lowest BCUT2D eigenvalue weighted by Crippen LogP contribution is -2.31. The van der Waals surface area contributed by atoms with Crippen molar-refractivity contribution in [1.29, 1.82) is 0 Å². The molecule has 1 aliphatic rings. The Morgan fingerprint density at radius 2 is 2.50 bits per heavy atom. The molecule has 4 nitrogen and oxygen atoms in total. The van der Waals surface area contributed by atoms with Gasteiger partial charge >= 0.3 is 0 Å². The van der Waals surface area contributed by atoms with Crippen molar-refractivity contribution in [3.8, 4) is 0 Å². The Bertz CT molecular complexity index is 339. The molecule has 0 aromatic carbocycles. The van der Waals surface area contributed by atoms with Crippen molar-refractivity contribution in [2.45, 2.75) is 31.1 Å². The second-order valence-corrected chi connectivity index (χ2v) is 4.94. The highest BCUT2D eigenvalue weighted by molar-refractivity contribution is 6.20. The number of aromatic nitrogens is 2. The van der Waals surface area contributed by atoms with E-state index < -0.39 is 0 Å². The van der Waals surface area contributed by atoms with Crippen molar-refractivity contribution in [1.82, 2.24) is 15.5 Å². The monoisotopic (exact) mass is 241 g/mol. The molecule has 5 heteroatoms. The minimum atomic E-state index is -0.0644. The van der Waals surface area contributed by atoms with E-state index in [1.165, 1.54) is 12.6 Å². The van der Waals surface area contributed by atoms with Crippen molar-refractivity contribution in [2.75, 3.05) is 6.54 Å². The lowest BCUT2D eigenvalue weighted by atomic mass is 9.89. The van der Waals surface area contributed by atoms with Crippen LogP contribution in [-0.4, -0.2) is 28.0 Å². The van der Waals surface area contributed by atoms with Gasteiger partial charge in [0.15, 0.2) is 0 Å².